The van der Waals surface area contributed by atoms with E-state index < -0.39 is 4.75 Å². The van der Waals surface area contributed by atoms with E-state index in [9.17, 15) is 10.1 Å². The molecule has 0 amide bonds. The van der Waals surface area contributed by atoms with Crippen molar-refractivity contribution in [3.63, 3.8) is 0 Å². The van der Waals surface area contributed by atoms with Crippen molar-refractivity contribution < 1.29 is 24.2 Å². The summed E-state index contributed by atoms with van der Waals surface area (Å²) in [5.74, 6) is 1.09. The highest BCUT2D eigenvalue weighted by atomic mass is 32.2. The van der Waals surface area contributed by atoms with Gasteiger partial charge in [0.1, 0.15) is 4.75 Å². The molecule has 4 aliphatic rings. The Kier molecular flexibility index (Phi) is 5.04. The van der Waals surface area contributed by atoms with Crippen LogP contribution in [0.5, 0.6) is 0 Å². The minimum atomic E-state index is -0.982. The number of benzene rings is 1. The SMILES string of the molecule is CC(C)(SOO[O-])C(=O)OCC12CC3CC(C1)CC(c1ccccc1)(C3)C2. The molecule has 0 aliphatic heterocycles. The molecule has 0 heterocycles. The lowest BCUT2D eigenvalue weighted by atomic mass is 9.43. The number of rotatable bonds is 7. The number of carbonyl (C=O) groups excluding carboxylic acids is 1. The molecule has 1 aromatic rings. The fourth-order valence-corrected chi connectivity index (χ4v) is 6.60. The number of ether oxygens (including phenoxy) is 1. The summed E-state index contributed by atoms with van der Waals surface area (Å²) < 4.78 is 9.14. The maximum atomic E-state index is 12.5. The fraction of sp³-hybridized carbons (Fsp3) is 0.667. The second-order valence-electron chi connectivity index (χ2n) is 9.41. The zero-order chi connectivity index (χ0) is 19.1. The second kappa shape index (κ2) is 7.07. The van der Waals surface area contributed by atoms with E-state index in [1.807, 2.05) is 0 Å². The van der Waals surface area contributed by atoms with E-state index in [4.69, 9.17) is 4.74 Å². The molecule has 5 nitrogen and oxygen atoms in total. The molecule has 148 valence electrons. The molecule has 0 radical (unpaired) electrons. The summed E-state index contributed by atoms with van der Waals surface area (Å²) in [7, 11) is 0. The van der Waals surface area contributed by atoms with E-state index in [0.29, 0.717) is 18.6 Å². The Morgan fingerprint density at radius 2 is 1.85 bits per heavy atom. The Labute approximate surface area is 164 Å². The summed E-state index contributed by atoms with van der Waals surface area (Å²) in [6, 6.07) is 10.9. The van der Waals surface area contributed by atoms with Gasteiger partial charge in [-0.3, -0.25) is 9.83 Å². The van der Waals surface area contributed by atoms with Crippen LogP contribution in [0.3, 0.4) is 0 Å². The lowest BCUT2D eigenvalue weighted by Gasteiger charge is -2.62. The van der Waals surface area contributed by atoms with E-state index in [0.717, 1.165) is 31.1 Å². The smallest absolute Gasteiger partial charge is 0.324 e. The van der Waals surface area contributed by atoms with Crippen LogP contribution in [0.4, 0.5) is 0 Å². The van der Waals surface area contributed by atoms with Crippen molar-refractivity contribution in [1.82, 2.24) is 0 Å². The molecule has 0 aromatic heterocycles. The highest BCUT2D eigenvalue weighted by Gasteiger charge is 2.58. The van der Waals surface area contributed by atoms with E-state index in [1.54, 1.807) is 13.8 Å². The molecule has 27 heavy (non-hydrogen) atoms. The van der Waals surface area contributed by atoms with Gasteiger partial charge in [0.25, 0.3) is 0 Å². The number of hydrogen-bond acceptors (Lipinski definition) is 6. The first-order chi connectivity index (χ1) is 12.9. The molecule has 0 spiro atoms. The topological polar surface area (TPSA) is 67.8 Å². The molecule has 4 aliphatic carbocycles. The fourth-order valence-electron chi connectivity index (χ4n) is 6.28. The molecule has 2 unspecified atom stereocenters. The average molecular weight is 392 g/mol. The van der Waals surface area contributed by atoms with Gasteiger partial charge in [0.2, 0.25) is 0 Å². The second-order valence-corrected chi connectivity index (χ2v) is 10.7. The Balaban J connectivity index is 1.49. The van der Waals surface area contributed by atoms with Crippen LogP contribution in [0.2, 0.25) is 0 Å². The largest absolute Gasteiger partial charge is 0.691 e. The third kappa shape index (κ3) is 3.65. The molecule has 4 saturated carbocycles. The summed E-state index contributed by atoms with van der Waals surface area (Å²) in [6.45, 7) is 3.80. The number of hydrogen-bond donors (Lipinski definition) is 0. The molecule has 2 atom stereocenters. The van der Waals surface area contributed by atoms with Gasteiger partial charge in [-0.1, -0.05) is 30.3 Å². The van der Waals surface area contributed by atoms with Crippen LogP contribution in [-0.2, 0) is 24.3 Å². The van der Waals surface area contributed by atoms with E-state index >= 15 is 0 Å². The van der Waals surface area contributed by atoms with Crippen LogP contribution in [0.15, 0.2) is 30.3 Å². The zero-order valence-corrected chi connectivity index (χ0v) is 16.8. The predicted molar refractivity (Wildman–Crippen MR) is 100 cm³/mol. The first-order valence-corrected chi connectivity index (χ1v) is 10.5. The van der Waals surface area contributed by atoms with E-state index in [-0.39, 0.29) is 16.8 Å². The van der Waals surface area contributed by atoms with Gasteiger partial charge in [-0.05, 0) is 75.2 Å². The van der Waals surface area contributed by atoms with Gasteiger partial charge in [-0.15, -0.1) is 0 Å². The van der Waals surface area contributed by atoms with Crippen molar-refractivity contribution >= 4 is 18.0 Å². The summed E-state index contributed by atoms with van der Waals surface area (Å²) in [5.41, 5.74) is 1.76. The van der Waals surface area contributed by atoms with E-state index in [1.165, 1.54) is 24.8 Å². The Bertz CT molecular complexity index is 675. The molecule has 0 saturated heterocycles. The van der Waals surface area contributed by atoms with Crippen molar-refractivity contribution in [2.24, 2.45) is 17.3 Å². The van der Waals surface area contributed by atoms with Crippen LogP contribution < -0.4 is 5.26 Å². The monoisotopic (exact) mass is 391 g/mol. The Morgan fingerprint density at radius 1 is 1.19 bits per heavy atom. The molecule has 5 rings (SSSR count). The molecule has 0 N–H and O–H groups in total. The Morgan fingerprint density at radius 3 is 2.48 bits per heavy atom. The summed E-state index contributed by atoms with van der Waals surface area (Å²) in [5, 5.41) is 13.4. The standard InChI is InChI=1S/C21H28O5S/c1-19(2,27-26-25-23)18(22)24-14-20-9-15-8-16(10-20)12-21(11-15,13-20)17-6-4-3-5-7-17/h3-7,15-16,23H,8-14H2,1-2H3/p-1. The van der Waals surface area contributed by atoms with Gasteiger partial charge < -0.3 is 9.99 Å². The minimum Gasteiger partial charge on any atom is -0.691 e. The van der Waals surface area contributed by atoms with Crippen molar-refractivity contribution in [2.45, 2.75) is 62.5 Å². The van der Waals surface area contributed by atoms with E-state index in [2.05, 4.69) is 39.7 Å². The molecule has 1 aromatic carbocycles. The predicted octanol–water partition coefficient (Wildman–Crippen LogP) is 3.72. The molecule has 6 heteroatoms. The molecular weight excluding hydrogens is 364 g/mol. The highest BCUT2D eigenvalue weighted by Crippen LogP contribution is 2.65. The summed E-state index contributed by atoms with van der Waals surface area (Å²) in [6.07, 6.45) is 7.25. The third-order valence-corrected chi connectivity index (χ3v) is 7.55. The van der Waals surface area contributed by atoms with Crippen molar-refractivity contribution in [2.75, 3.05) is 6.61 Å². The first kappa shape index (κ1) is 19.2. The highest BCUT2D eigenvalue weighted by molar-refractivity contribution is 7.96. The van der Waals surface area contributed by atoms with Crippen LogP contribution in [0, 0.1) is 17.3 Å². The van der Waals surface area contributed by atoms with Crippen LogP contribution in [-0.4, -0.2) is 17.3 Å². The average Bonchev–Trinajstić information content (AvgIpc) is 2.64. The lowest BCUT2D eigenvalue weighted by Crippen LogP contribution is -2.55. The Hall–Kier alpha value is -1.08. The summed E-state index contributed by atoms with van der Waals surface area (Å²) >= 11 is 0.691. The van der Waals surface area contributed by atoms with Gasteiger partial charge in [0, 0.05) is 17.5 Å². The van der Waals surface area contributed by atoms with Gasteiger partial charge in [-0.25, -0.2) is 0 Å². The minimum absolute atomic E-state index is 0.0756. The van der Waals surface area contributed by atoms with Gasteiger partial charge in [-0.2, -0.15) is 4.33 Å². The van der Waals surface area contributed by atoms with Gasteiger partial charge >= 0.3 is 5.97 Å². The van der Waals surface area contributed by atoms with Crippen LogP contribution >= 0.6 is 12.0 Å². The quantitative estimate of drug-likeness (QED) is 0.305. The number of esters is 1. The maximum Gasteiger partial charge on any atom is 0.324 e. The van der Waals surface area contributed by atoms with Crippen molar-refractivity contribution in [3.8, 4) is 0 Å². The first-order valence-electron chi connectivity index (χ1n) is 9.74. The van der Waals surface area contributed by atoms with Crippen molar-refractivity contribution in [3.05, 3.63) is 35.9 Å². The normalized spacial score (nSPS) is 34.6. The summed E-state index contributed by atoms with van der Waals surface area (Å²) in [4.78, 5) is 12.5. The molecular formula is C21H27O5S-. The zero-order valence-electron chi connectivity index (χ0n) is 15.9. The molecule has 4 bridgehead atoms. The molecule has 4 fully saturated rings. The lowest BCUT2D eigenvalue weighted by molar-refractivity contribution is -0.777. The maximum absolute atomic E-state index is 12.5. The van der Waals surface area contributed by atoms with Gasteiger partial charge in [0.05, 0.1) is 6.61 Å². The van der Waals surface area contributed by atoms with Crippen LogP contribution in [0.25, 0.3) is 0 Å². The van der Waals surface area contributed by atoms with Crippen LogP contribution in [0.1, 0.15) is 57.9 Å². The van der Waals surface area contributed by atoms with Crippen molar-refractivity contribution in [1.29, 1.82) is 0 Å². The number of carbonyl (C=O) groups is 1. The van der Waals surface area contributed by atoms with Gasteiger partial charge in [0.15, 0.2) is 0 Å². The third-order valence-electron chi connectivity index (χ3n) is 6.84.